The molecule has 0 spiro atoms. The first-order chi connectivity index (χ1) is 10.0. The topological polar surface area (TPSA) is 65.8 Å². The molecule has 2 fully saturated rings. The molecule has 1 saturated carbocycles. The Kier molecular flexibility index (Phi) is 4.35. The van der Waals surface area contributed by atoms with Crippen LogP contribution in [0.25, 0.3) is 0 Å². The molecule has 2 heterocycles. The summed E-state index contributed by atoms with van der Waals surface area (Å²) in [6.45, 7) is 4.25. The molecule has 0 radical (unpaired) electrons. The summed E-state index contributed by atoms with van der Waals surface area (Å²) in [5, 5.41) is 3.50. The highest BCUT2D eigenvalue weighted by molar-refractivity contribution is 7.88. The van der Waals surface area contributed by atoms with Crippen LogP contribution in [0.1, 0.15) is 24.2 Å². The summed E-state index contributed by atoms with van der Waals surface area (Å²) in [5.41, 5.74) is 1.22. The van der Waals surface area contributed by atoms with Crippen molar-refractivity contribution in [3.05, 3.63) is 23.7 Å². The lowest BCUT2D eigenvalue weighted by molar-refractivity contribution is 0.170. The van der Waals surface area contributed by atoms with Gasteiger partial charge in [0.25, 0.3) is 0 Å². The van der Waals surface area contributed by atoms with Crippen LogP contribution >= 0.6 is 0 Å². The SMILES string of the molecule is CS(=O)(=O)N1CCN(Cc2occc2CNC2CC2)CC1. The van der Waals surface area contributed by atoms with Crippen LogP contribution in [0.3, 0.4) is 0 Å². The monoisotopic (exact) mass is 313 g/mol. The van der Waals surface area contributed by atoms with Gasteiger partial charge >= 0.3 is 0 Å². The highest BCUT2D eigenvalue weighted by atomic mass is 32.2. The maximum Gasteiger partial charge on any atom is 0.211 e. The van der Waals surface area contributed by atoms with Gasteiger partial charge in [0.05, 0.1) is 19.1 Å². The van der Waals surface area contributed by atoms with Crippen molar-refractivity contribution < 1.29 is 12.8 Å². The lowest BCUT2D eigenvalue weighted by atomic mass is 10.2. The molecule has 118 valence electrons. The van der Waals surface area contributed by atoms with E-state index in [0.717, 1.165) is 31.9 Å². The molecular formula is C14H23N3O3S. The van der Waals surface area contributed by atoms with Crippen LogP contribution in [0.2, 0.25) is 0 Å². The van der Waals surface area contributed by atoms with E-state index in [1.165, 1.54) is 24.7 Å². The fraction of sp³-hybridized carbons (Fsp3) is 0.714. The minimum atomic E-state index is -3.06. The third-order valence-electron chi connectivity index (χ3n) is 4.16. The van der Waals surface area contributed by atoms with E-state index in [2.05, 4.69) is 10.2 Å². The Labute approximate surface area is 126 Å². The fourth-order valence-corrected chi connectivity index (χ4v) is 3.45. The number of sulfonamides is 1. The highest BCUT2D eigenvalue weighted by Crippen LogP contribution is 2.21. The van der Waals surface area contributed by atoms with Crippen molar-refractivity contribution in [2.45, 2.75) is 32.0 Å². The molecule has 1 aromatic heterocycles. The molecule has 3 rings (SSSR count). The smallest absolute Gasteiger partial charge is 0.211 e. The van der Waals surface area contributed by atoms with E-state index in [-0.39, 0.29) is 0 Å². The summed E-state index contributed by atoms with van der Waals surface area (Å²) in [4.78, 5) is 2.25. The molecular weight excluding hydrogens is 290 g/mol. The molecule has 6 nitrogen and oxygen atoms in total. The molecule has 0 atom stereocenters. The zero-order chi connectivity index (χ0) is 14.9. The quantitative estimate of drug-likeness (QED) is 0.833. The van der Waals surface area contributed by atoms with Gasteiger partial charge in [-0.2, -0.15) is 4.31 Å². The molecule has 1 aliphatic carbocycles. The number of piperazine rings is 1. The van der Waals surface area contributed by atoms with E-state index in [1.54, 1.807) is 10.6 Å². The zero-order valence-electron chi connectivity index (χ0n) is 12.4. The number of hydrogen-bond donors (Lipinski definition) is 1. The van der Waals surface area contributed by atoms with E-state index < -0.39 is 10.0 Å². The summed E-state index contributed by atoms with van der Waals surface area (Å²) < 4.78 is 30.1. The fourth-order valence-electron chi connectivity index (χ4n) is 2.63. The van der Waals surface area contributed by atoms with Crippen LogP contribution in [0.5, 0.6) is 0 Å². The van der Waals surface area contributed by atoms with Crippen LogP contribution in [0, 0.1) is 0 Å². The summed E-state index contributed by atoms with van der Waals surface area (Å²) in [6.07, 6.45) is 5.57. The minimum Gasteiger partial charge on any atom is -0.468 e. The second kappa shape index (κ2) is 6.08. The average molecular weight is 313 g/mol. The molecule has 1 aromatic rings. The molecule has 1 saturated heterocycles. The van der Waals surface area contributed by atoms with Gasteiger partial charge in [0.15, 0.2) is 0 Å². The molecule has 21 heavy (non-hydrogen) atoms. The molecule has 2 aliphatic rings. The normalized spacial score (nSPS) is 21.8. The van der Waals surface area contributed by atoms with Gasteiger partial charge in [0.2, 0.25) is 10.0 Å². The van der Waals surface area contributed by atoms with Crippen molar-refractivity contribution in [2.24, 2.45) is 0 Å². The van der Waals surface area contributed by atoms with Gasteiger partial charge in [0.1, 0.15) is 5.76 Å². The lowest BCUT2D eigenvalue weighted by Gasteiger charge is -2.32. The predicted octanol–water partition coefficient (Wildman–Crippen LogP) is 0.609. The Bertz CT molecular complexity index is 572. The van der Waals surface area contributed by atoms with E-state index >= 15 is 0 Å². The van der Waals surface area contributed by atoms with Gasteiger partial charge in [0, 0.05) is 44.3 Å². The van der Waals surface area contributed by atoms with Gasteiger partial charge in [-0.05, 0) is 18.9 Å². The third kappa shape index (κ3) is 4.06. The number of nitrogens with zero attached hydrogens (tertiary/aromatic N) is 2. The number of hydrogen-bond acceptors (Lipinski definition) is 5. The second-order valence-electron chi connectivity index (χ2n) is 5.96. The van der Waals surface area contributed by atoms with Gasteiger partial charge in [-0.25, -0.2) is 8.42 Å². The molecule has 0 aromatic carbocycles. The number of rotatable bonds is 6. The van der Waals surface area contributed by atoms with Gasteiger partial charge in [-0.1, -0.05) is 0 Å². The maximum absolute atomic E-state index is 11.5. The summed E-state index contributed by atoms with van der Waals surface area (Å²) >= 11 is 0. The number of furan rings is 1. The van der Waals surface area contributed by atoms with Crippen molar-refractivity contribution in [1.29, 1.82) is 0 Å². The average Bonchev–Trinajstić information content (AvgIpc) is 3.17. The van der Waals surface area contributed by atoms with Crippen LogP contribution in [0.15, 0.2) is 16.7 Å². The molecule has 1 aliphatic heterocycles. The Morgan fingerprint density at radius 3 is 2.62 bits per heavy atom. The first-order valence-corrected chi connectivity index (χ1v) is 9.33. The minimum absolute atomic E-state index is 0.565. The first-order valence-electron chi connectivity index (χ1n) is 7.48. The van der Waals surface area contributed by atoms with Crippen LogP contribution in [-0.4, -0.2) is 56.1 Å². The van der Waals surface area contributed by atoms with Gasteiger partial charge in [-0.15, -0.1) is 0 Å². The van der Waals surface area contributed by atoms with Crippen LogP contribution in [-0.2, 0) is 23.1 Å². The standard InChI is InChI=1S/C14H23N3O3S/c1-21(18,19)17-7-5-16(6-8-17)11-14-12(4-9-20-14)10-15-13-2-3-13/h4,9,13,15H,2-3,5-8,10-11H2,1H3. The zero-order valence-corrected chi connectivity index (χ0v) is 13.2. The van der Waals surface area contributed by atoms with Crippen molar-refractivity contribution in [3.63, 3.8) is 0 Å². The molecule has 0 unspecified atom stereocenters. The number of nitrogens with one attached hydrogen (secondary N) is 1. The lowest BCUT2D eigenvalue weighted by Crippen LogP contribution is -2.47. The van der Waals surface area contributed by atoms with Crippen LogP contribution in [0.4, 0.5) is 0 Å². The van der Waals surface area contributed by atoms with E-state index in [4.69, 9.17) is 4.42 Å². The second-order valence-corrected chi connectivity index (χ2v) is 7.94. The predicted molar refractivity (Wildman–Crippen MR) is 80.3 cm³/mol. The highest BCUT2D eigenvalue weighted by Gasteiger charge is 2.25. The molecule has 0 amide bonds. The maximum atomic E-state index is 11.5. The van der Waals surface area contributed by atoms with E-state index in [1.807, 2.05) is 6.07 Å². The third-order valence-corrected chi connectivity index (χ3v) is 5.47. The van der Waals surface area contributed by atoms with Gasteiger partial charge < -0.3 is 9.73 Å². The summed E-state index contributed by atoms with van der Waals surface area (Å²) in [7, 11) is -3.06. The van der Waals surface area contributed by atoms with Crippen molar-refractivity contribution in [3.8, 4) is 0 Å². The summed E-state index contributed by atoms with van der Waals surface area (Å²) in [6, 6.07) is 2.71. The Balaban J connectivity index is 1.52. The van der Waals surface area contributed by atoms with Crippen LogP contribution < -0.4 is 5.32 Å². The van der Waals surface area contributed by atoms with Crippen molar-refractivity contribution in [2.75, 3.05) is 32.4 Å². The van der Waals surface area contributed by atoms with Gasteiger partial charge in [-0.3, -0.25) is 4.90 Å². The summed E-state index contributed by atoms with van der Waals surface area (Å²) in [5.74, 6) is 0.996. The van der Waals surface area contributed by atoms with Crippen molar-refractivity contribution in [1.82, 2.24) is 14.5 Å². The Morgan fingerprint density at radius 2 is 2.00 bits per heavy atom. The van der Waals surface area contributed by atoms with Crippen molar-refractivity contribution >= 4 is 10.0 Å². The largest absolute Gasteiger partial charge is 0.468 e. The first kappa shape index (κ1) is 15.0. The Morgan fingerprint density at radius 1 is 1.29 bits per heavy atom. The Hall–Kier alpha value is -0.890. The van der Waals surface area contributed by atoms with E-state index in [0.29, 0.717) is 19.1 Å². The molecule has 1 N–H and O–H groups in total. The molecule has 0 bridgehead atoms. The molecule has 7 heteroatoms. The van der Waals surface area contributed by atoms with E-state index in [9.17, 15) is 8.42 Å².